The third kappa shape index (κ3) is 1.54. The van der Waals surface area contributed by atoms with E-state index in [4.69, 9.17) is 11.6 Å². The van der Waals surface area contributed by atoms with Crippen molar-refractivity contribution in [2.75, 3.05) is 0 Å². The number of halogens is 1. The number of hydrogen-bond donors (Lipinski definition) is 0. The molecule has 0 N–H and O–H groups in total. The van der Waals surface area contributed by atoms with Crippen molar-refractivity contribution in [1.82, 2.24) is 0 Å². The number of alkyl halides is 1. The largest absolute Gasteiger partial charge is 0.118 e. The van der Waals surface area contributed by atoms with Gasteiger partial charge in [-0.3, -0.25) is 0 Å². The molecule has 0 saturated heterocycles. The predicted octanol–water partition coefficient (Wildman–Crippen LogP) is 4.14. The third-order valence-corrected chi connectivity index (χ3v) is 2.49. The molecule has 0 aliphatic carbocycles. The molecule has 1 unspecified atom stereocenters. The molecule has 13 heavy (non-hydrogen) atoms. The van der Waals surface area contributed by atoms with Crippen LogP contribution in [0.4, 0.5) is 0 Å². The Kier molecular flexibility index (Phi) is 2.24. The van der Waals surface area contributed by atoms with Gasteiger partial charge < -0.3 is 0 Å². The highest BCUT2D eigenvalue weighted by Crippen LogP contribution is 2.27. The van der Waals surface area contributed by atoms with Gasteiger partial charge in [0.25, 0.3) is 0 Å². The summed E-state index contributed by atoms with van der Waals surface area (Å²) in [6, 6.07) is 14.6. The Morgan fingerprint density at radius 2 is 1.69 bits per heavy atom. The van der Waals surface area contributed by atoms with E-state index in [9.17, 15) is 0 Å². The second kappa shape index (κ2) is 3.39. The SMILES string of the molecule is CC(Cl)c1cccc2ccccc12. The number of rotatable bonds is 1. The third-order valence-electron chi connectivity index (χ3n) is 2.25. The van der Waals surface area contributed by atoms with Gasteiger partial charge >= 0.3 is 0 Å². The molecular formula is C12H11Cl. The fourth-order valence-electron chi connectivity index (χ4n) is 1.60. The van der Waals surface area contributed by atoms with Crippen molar-refractivity contribution in [1.29, 1.82) is 0 Å². The van der Waals surface area contributed by atoms with E-state index in [1.165, 1.54) is 16.3 Å². The normalized spacial score (nSPS) is 13.1. The van der Waals surface area contributed by atoms with E-state index in [1.807, 2.05) is 19.1 Å². The molecule has 0 spiro atoms. The van der Waals surface area contributed by atoms with Gasteiger partial charge in [-0.25, -0.2) is 0 Å². The minimum atomic E-state index is 0.0751. The number of benzene rings is 2. The Labute approximate surface area is 83.1 Å². The van der Waals surface area contributed by atoms with Crippen molar-refractivity contribution >= 4 is 22.4 Å². The maximum Gasteiger partial charge on any atom is 0.0563 e. The summed E-state index contributed by atoms with van der Waals surface area (Å²) >= 11 is 6.08. The summed E-state index contributed by atoms with van der Waals surface area (Å²) < 4.78 is 0. The summed E-state index contributed by atoms with van der Waals surface area (Å²) in [4.78, 5) is 0. The van der Waals surface area contributed by atoms with Gasteiger partial charge in [0.1, 0.15) is 0 Å². The quantitative estimate of drug-likeness (QED) is 0.593. The molecule has 2 aromatic rings. The zero-order chi connectivity index (χ0) is 9.26. The molecule has 0 heterocycles. The average Bonchev–Trinajstić information content (AvgIpc) is 2.17. The highest BCUT2D eigenvalue weighted by molar-refractivity contribution is 6.21. The minimum absolute atomic E-state index is 0.0751. The lowest BCUT2D eigenvalue weighted by atomic mass is 10.0. The van der Waals surface area contributed by atoms with E-state index in [2.05, 4.69) is 30.3 Å². The zero-order valence-corrected chi connectivity index (χ0v) is 8.25. The van der Waals surface area contributed by atoms with E-state index in [0.29, 0.717) is 0 Å². The van der Waals surface area contributed by atoms with Gasteiger partial charge in [0.05, 0.1) is 5.38 Å². The second-order valence-corrected chi connectivity index (χ2v) is 3.84. The summed E-state index contributed by atoms with van der Waals surface area (Å²) in [5, 5.41) is 2.59. The standard InChI is InChI=1S/C12H11Cl/c1-9(13)11-8-4-6-10-5-2-3-7-12(10)11/h2-9H,1H3. The summed E-state index contributed by atoms with van der Waals surface area (Å²) in [5.74, 6) is 0. The molecule has 66 valence electrons. The predicted molar refractivity (Wildman–Crippen MR) is 58.2 cm³/mol. The van der Waals surface area contributed by atoms with Gasteiger partial charge in [-0.2, -0.15) is 0 Å². The highest BCUT2D eigenvalue weighted by Gasteiger charge is 2.04. The van der Waals surface area contributed by atoms with E-state index >= 15 is 0 Å². The topological polar surface area (TPSA) is 0 Å². The van der Waals surface area contributed by atoms with Crippen LogP contribution in [-0.2, 0) is 0 Å². The fourth-order valence-corrected chi connectivity index (χ4v) is 1.79. The van der Waals surface area contributed by atoms with Crippen LogP contribution < -0.4 is 0 Å². The summed E-state index contributed by atoms with van der Waals surface area (Å²) in [7, 11) is 0. The summed E-state index contributed by atoms with van der Waals surface area (Å²) in [6.45, 7) is 2.00. The monoisotopic (exact) mass is 190 g/mol. The molecule has 0 amide bonds. The fraction of sp³-hybridized carbons (Fsp3) is 0.167. The smallest absolute Gasteiger partial charge is 0.0563 e. The van der Waals surface area contributed by atoms with Gasteiger partial charge in [0.2, 0.25) is 0 Å². The van der Waals surface area contributed by atoms with Crippen molar-refractivity contribution in [2.45, 2.75) is 12.3 Å². The van der Waals surface area contributed by atoms with Crippen LogP contribution in [0.2, 0.25) is 0 Å². The van der Waals surface area contributed by atoms with Gasteiger partial charge in [0, 0.05) is 0 Å². The number of hydrogen-bond acceptors (Lipinski definition) is 0. The van der Waals surface area contributed by atoms with E-state index in [1.54, 1.807) is 0 Å². The lowest BCUT2D eigenvalue weighted by Gasteiger charge is -2.07. The molecule has 0 aliphatic heterocycles. The zero-order valence-electron chi connectivity index (χ0n) is 7.50. The molecule has 0 radical (unpaired) electrons. The van der Waals surface area contributed by atoms with Gasteiger partial charge in [-0.1, -0.05) is 42.5 Å². The molecule has 2 rings (SSSR count). The van der Waals surface area contributed by atoms with Gasteiger partial charge in [-0.15, -0.1) is 11.6 Å². The van der Waals surface area contributed by atoms with E-state index < -0.39 is 0 Å². The molecule has 2 aromatic carbocycles. The summed E-state index contributed by atoms with van der Waals surface area (Å²) in [5.41, 5.74) is 1.21. The first kappa shape index (κ1) is 8.58. The molecule has 0 saturated carbocycles. The molecule has 0 aliphatic rings. The van der Waals surface area contributed by atoms with Crippen LogP contribution in [0.15, 0.2) is 42.5 Å². The molecule has 1 atom stereocenters. The molecule has 1 heteroatoms. The molecular weight excluding hydrogens is 180 g/mol. The van der Waals surface area contributed by atoms with Crippen LogP contribution in [0.3, 0.4) is 0 Å². The van der Waals surface area contributed by atoms with Crippen molar-refractivity contribution in [3.63, 3.8) is 0 Å². The van der Waals surface area contributed by atoms with E-state index in [-0.39, 0.29) is 5.38 Å². The van der Waals surface area contributed by atoms with Crippen LogP contribution in [0.5, 0.6) is 0 Å². The van der Waals surface area contributed by atoms with E-state index in [0.717, 1.165) is 0 Å². The lowest BCUT2D eigenvalue weighted by Crippen LogP contribution is -1.85. The minimum Gasteiger partial charge on any atom is -0.118 e. The maximum atomic E-state index is 6.08. The highest BCUT2D eigenvalue weighted by atomic mass is 35.5. The van der Waals surface area contributed by atoms with Crippen LogP contribution >= 0.6 is 11.6 Å². The van der Waals surface area contributed by atoms with Crippen LogP contribution in [0.1, 0.15) is 17.9 Å². The average molecular weight is 191 g/mol. The first-order chi connectivity index (χ1) is 6.29. The first-order valence-corrected chi connectivity index (χ1v) is 4.84. The van der Waals surface area contributed by atoms with Crippen LogP contribution in [-0.4, -0.2) is 0 Å². The Morgan fingerprint density at radius 1 is 1.00 bits per heavy atom. The Balaban J connectivity index is 2.76. The lowest BCUT2D eigenvalue weighted by molar-refractivity contribution is 1.10. The van der Waals surface area contributed by atoms with Gasteiger partial charge in [0.15, 0.2) is 0 Å². The molecule has 0 nitrogen and oxygen atoms in total. The summed E-state index contributed by atoms with van der Waals surface area (Å²) in [6.07, 6.45) is 0. The molecule has 0 bridgehead atoms. The maximum absolute atomic E-state index is 6.08. The first-order valence-electron chi connectivity index (χ1n) is 4.41. The van der Waals surface area contributed by atoms with Crippen molar-refractivity contribution in [3.05, 3.63) is 48.0 Å². The molecule has 0 aromatic heterocycles. The number of fused-ring (bicyclic) bond motifs is 1. The van der Waals surface area contributed by atoms with Crippen molar-refractivity contribution < 1.29 is 0 Å². The Morgan fingerprint density at radius 3 is 2.46 bits per heavy atom. The van der Waals surface area contributed by atoms with Crippen LogP contribution in [0, 0.1) is 0 Å². The Hall–Kier alpha value is -1.01. The second-order valence-electron chi connectivity index (χ2n) is 3.18. The van der Waals surface area contributed by atoms with Crippen molar-refractivity contribution in [2.24, 2.45) is 0 Å². The molecule has 0 fully saturated rings. The van der Waals surface area contributed by atoms with Crippen LogP contribution in [0.25, 0.3) is 10.8 Å². The van der Waals surface area contributed by atoms with Crippen molar-refractivity contribution in [3.8, 4) is 0 Å². The Bertz CT molecular complexity index is 413. The van der Waals surface area contributed by atoms with Gasteiger partial charge in [-0.05, 0) is 23.3 Å².